The predicted octanol–water partition coefficient (Wildman–Crippen LogP) is 4.19. The molecule has 0 bridgehead atoms. The zero-order chi connectivity index (χ0) is 16.0. The van der Waals surface area contributed by atoms with Gasteiger partial charge in [0, 0.05) is 5.56 Å². The van der Waals surface area contributed by atoms with E-state index in [2.05, 4.69) is 0 Å². The van der Waals surface area contributed by atoms with Crippen LogP contribution in [0.25, 0.3) is 0 Å². The molecule has 1 aliphatic carbocycles. The fraction of sp³-hybridized carbons (Fsp3) is 0.556. The first-order chi connectivity index (χ1) is 10.8. The second-order valence-electron chi connectivity index (χ2n) is 5.31. The van der Waals surface area contributed by atoms with Gasteiger partial charge >= 0.3 is 5.97 Å². The van der Waals surface area contributed by atoms with Gasteiger partial charge in [-0.1, -0.05) is 75.8 Å². The maximum Gasteiger partial charge on any atom is 0.352 e. The van der Waals surface area contributed by atoms with Crippen molar-refractivity contribution in [2.45, 2.75) is 58.0 Å². The molecule has 1 fully saturated rings. The molecule has 0 spiro atoms. The number of hydrogen-bond acceptors (Lipinski definition) is 4. The van der Waals surface area contributed by atoms with Crippen LogP contribution in [0, 0.1) is 0 Å². The molecule has 0 amide bonds. The monoisotopic (exact) mass is 306 g/mol. The minimum absolute atomic E-state index is 0.255. The summed E-state index contributed by atoms with van der Waals surface area (Å²) in [6.07, 6.45) is 8.76. The van der Waals surface area contributed by atoms with Crippen molar-refractivity contribution in [3.05, 3.63) is 35.9 Å². The van der Waals surface area contributed by atoms with Crippen LogP contribution in [-0.4, -0.2) is 19.0 Å². The van der Waals surface area contributed by atoms with Crippen LogP contribution in [0.15, 0.2) is 30.3 Å². The van der Waals surface area contributed by atoms with E-state index in [1.165, 1.54) is 38.5 Å². The third-order valence-electron chi connectivity index (χ3n) is 3.46. The molecule has 1 aliphatic rings. The maximum atomic E-state index is 11.6. The van der Waals surface area contributed by atoms with Crippen molar-refractivity contribution in [3.63, 3.8) is 0 Å². The average molecular weight is 306 g/mol. The zero-order valence-corrected chi connectivity index (χ0v) is 13.3. The molecule has 0 saturated heterocycles. The lowest BCUT2D eigenvalue weighted by Gasteiger charge is -2.14. The van der Waals surface area contributed by atoms with Crippen LogP contribution < -0.4 is 0 Å². The zero-order valence-electron chi connectivity index (χ0n) is 13.3. The van der Waals surface area contributed by atoms with E-state index >= 15 is 0 Å². The van der Waals surface area contributed by atoms with Gasteiger partial charge in [-0.25, -0.2) is 4.79 Å². The Kier molecular flexibility index (Phi) is 9.75. The molecular weight excluding hydrogens is 280 g/mol. The topological polar surface area (TPSA) is 52.6 Å². The number of hydrogen-bond donors (Lipinski definition) is 0. The molecule has 0 radical (unpaired) electrons. The molecular formula is C18H26O4. The normalized spacial score (nSPS) is 15.0. The highest BCUT2D eigenvalue weighted by atomic mass is 16.6. The lowest BCUT2D eigenvalue weighted by atomic mass is 10.0. The van der Waals surface area contributed by atoms with Crippen molar-refractivity contribution in [2.75, 3.05) is 6.61 Å². The number of rotatable bonds is 6. The smallest absolute Gasteiger partial charge is 0.352 e. The highest BCUT2D eigenvalue weighted by molar-refractivity contribution is 5.77. The van der Waals surface area contributed by atoms with Gasteiger partial charge in [0.15, 0.2) is 0 Å². The molecule has 22 heavy (non-hydrogen) atoms. The van der Waals surface area contributed by atoms with Crippen molar-refractivity contribution in [3.8, 4) is 0 Å². The SMILES string of the molecule is C1CCCCC1.CCCOC(=O)C(OC=O)c1ccccc1. The fourth-order valence-electron chi connectivity index (χ4n) is 2.29. The highest BCUT2D eigenvalue weighted by Crippen LogP contribution is 2.18. The number of benzene rings is 1. The van der Waals surface area contributed by atoms with Crippen LogP contribution in [-0.2, 0) is 19.1 Å². The van der Waals surface area contributed by atoms with Gasteiger partial charge in [-0.2, -0.15) is 0 Å². The van der Waals surface area contributed by atoms with Gasteiger partial charge < -0.3 is 9.47 Å². The van der Waals surface area contributed by atoms with Gasteiger partial charge in [0.25, 0.3) is 6.47 Å². The van der Waals surface area contributed by atoms with Gasteiger partial charge in [-0.15, -0.1) is 0 Å². The fourth-order valence-corrected chi connectivity index (χ4v) is 2.29. The molecule has 1 aromatic carbocycles. The minimum atomic E-state index is -0.967. The largest absolute Gasteiger partial charge is 0.463 e. The summed E-state index contributed by atoms with van der Waals surface area (Å²) in [6, 6.07) is 8.77. The average Bonchev–Trinajstić information content (AvgIpc) is 2.60. The summed E-state index contributed by atoms with van der Waals surface area (Å²) in [4.78, 5) is 21.9. The standard InChI is InChI=1S/C12H14O4.C6H12/c1-2-8-15-12(14)11(16-9-13)10-6-4-3-5-7-10;1-2-4-6-5-3-1/h3-7,9,11H,2,8H2,1H3;1-6H2. The van der Waals surface area contributed by atoms with Gasteiger partial charge in [-0.3, -0.25) is 4.79 Å². The Morgan fingerprint density at radius 2 is 1.64 bits per heavy atom. The van der Waals surface area contributed by atoms with Gasteiger partial charge in [0.2, 0.25) is 6.10 Å². The number of carbonyl (C=O) groups excluding carboxylic acids is 2. The van der Waals surface area contributed by atoms with Crippen molar-refractivity contribution < 1.29 is 19.1 Å². The van der Waals surface area contributed by atoms with Crippen molar-refractivity contribution in [1.82, 2.24) is 0 Å². The molecule has 0 N–H and O–H groups in total. The second-order valence-corrected chi connectivity index (χ2v) is 5.31. The molecule has 1 unspecified atom stereocenters. The second kappa shape index (κ2) is 11.8. The summed E-state index contributed by atoms with van der Waals surface area (Å²) in [5.74, 6) is -0.542. The molecule has 4 heteroatoms. The molecule has 0 aliphatic heterocycles. The van der Waals surface area contributed by atoms with E-state index in [4.69, 9.17) is 9.47 Å². The number of carbonyl (C=O) groups is 2. The summed E-state index contributed by atoms with van der Waals surface area (Å²) < 4.78 is 9.67. The minimum Gasteiger partial charge on any atom is -0.463 e. The molecule has 2 rings (SSSR count). The van der Waals surface area contributed by atoms with E-state index in [1.807, 2.05) is 13.0 Å². The number of ether oxygens (including phenoxy) is 2. The van der Waals surface area contributed by atoms with Crippen molar-refractivity contribution >= 4 is 12.4 Å². The first-order valence-electron chi connectivity index (χ1n) is 8.10. The van der Waals surface area contributed by atoms with Gasteiger partial charge in [0.05, 0.1) is 6.61 Å². The molecule has 4 nitrogen and oxygen atoms in total. The quantitative estimate of drug-likeness (QED) is 0.584. The van der Waals surface area contributed by atoms with Crippen LogP contribution >= 0.6 is 0 Å². The predicted molar refractivity (Wildman–Crippen MR) is 85.3 cm³/mol. The van der Waals surface area contributed by atoms with Gasteiger partial charge in [0.1, 0.15) is 0 Å². The van der Waals surface area contributed by atoms with E-state index < -0.39 is 12.1 Å². The Balaban J connectivity index is 0.000000335. The van der Waals surface area contributed by atoms with Crippen LogP contribution in [0.1, 0.15) is 63.5 Å². The maximum absolute atomic E-state index is 11.6. The first-order valence-corrected chi connectivity index (χ1v) is 8.10. The van der Waals surface area contributed by atoms with E-state index in [0.29, 0.717) is 12.2 Å². The molecule has 1 saturated carbocycles. The lowest BCUT2D eigenvalue weighted by molar-refractivity contribution is -0.162. The summed E-state index contributed by atoms with van der Waals surface area (Å²) in [5.41, 5.74) is 0.607. The van der Waals surface area contributed by atoms with Crippen LogP contribution in [0.3, 0.4) is 0 Å². The molecule has 122 valence electrons. The summed E-state index contributed by atoms with van der Waals surface area (Å²) in [5, 5.41) is 0. The van der Waals surface area contributed by atoms with E-state index in [0.717, 1.165) is 6.42 Å². The highest BCUT2D eigenvalue weighted by Gasteiger charge is 2.23. The van der Waals surface area contributed by atoms with Gasteiger partial charge in [-0.05, 0) is 6.42 Å². The third kappa shape index (κ3) is 7.25. The van der Waals surface area contributed by atoms with Crippen LogP contribution in [0.4, 0.5) is 0 Å². The van der Waals surface area contributed by atoms with Crippen LogP contribution in [0.2, 0.25) is 0 Å². The van der Waals surface area contributed by atoms with Crippen LogP contribution in [0.5, 0.6) is 0 Å². The Bertz CT molecular complexity index is 401. The summed E-state index contributed by atoms with van der Waals surface area (Å²) in [6.45, 7) is 2.47. The molecule has 0 heterocycles. The van der Waals surface area contributed by atoms with Crippen molar-refractivity contribution in [2.24, 2.45) is 0 Å². The van der Waals surface area contributed by atoms with Crippen molar-refractivity contribution in [1.29, 1.82) is 0 Å². The number of esters is 1. The summed E-state index contributed by atoms with van der Waals surface area (Å²) >= 11 is 0. The Morgan fingerprint density at radius 3 is 2.09 bits per heavy atom. The Morgan fingerprint density at radius 1 is 1.09 bits per heavy atom. The van der Waals surface area contributed by atoms with E-state index in [9.17, 15) is 9.59 Å². The Hall–Kier alpha value is -1.84. The third-order valence-corrected chi connectivity index (χ3v) is 3.46. The summed E-state index contributed by atoms with van der Waals surface area (Å²) in [7, 11) is 0. The lowest BCUT2D eigenvalue weighted by Crippen LogP contribution is -2.18. The van der Waals surface area contributed by atoms with E-state index in [1.54, 1.807) is 24.3 Å². The molecule has 0 aromatic heterocycles. The molecule has 1 aromatic rings. The first kappa shape index (κ1) is 18.2. The van der Waals surface area contributed by atoms with E-state index in [-0.39, 0.29) is 6.47 Å². The molecule has 1 atom stereocenters. The Labute approximate surface area is 132 Å².